The Morgan fingerprint density at radius 1 is 1.55 bits per heavy atom. The second-order valence-corrected chi connectivity index (χ2v) is 3.79. The molecule has 0 unspecified atom stereocenters. The minimum atomic E-state index is 0.716. The Hall–Kier alpha value is -0.0800. The Kier molecular flexibility index (Phi) is 6.57. The van der Waals surface area contributed by atoms with Crippen molar-refractivity contribution in [1.29, 1.82) is 0 Å². The summed E-state index contributed by atoms with van der Waals surface area (Å²) in [7, 11) is 0. The van der Waals surface area contributed by atoms with Crippen molar-refractivity contribution in [3.63, 3.8) is 0 Å². The van der Waals surface area contributed by atoms with Gasteiger partial charge in [-0.2, -0.15) is 0 Å². The molecule has 0 aliphatic rings. The molecule has 0 rings (SSSR count). The van der Waals surface area contributed by atoms with E-state index in [2.05, 4.69) is 18.5 Å². The van der Waals surface area contributed by atoms with E-state index in [9.17, 15) is 0 Å². The minimum absolute atomic E-state index is 0.716. The van der Waals surface area contributed by atoms with E-state index in [1.807, 2.05) is 6.92 Å². The molecule has 0 aromatic carbocycles. The summed E-state index contributed by atoms with van der Waals surface area (Å²) in [6.45, 7) is 9.44. The predicted molar refractivity (Wildman–Crippen MR) is 54.9 cm³/mol. The first kappa shape index (κ1) is 10.9. The maximum atomic E-state index is 5.51. The number of rotatable bonds is 6. The van der Waals surface area contributed by atoms with Crippen LogP contribution in [0, 0.1) is 0 Å². The van der Waals surface area contributed by atoms with Crippen LogP contribution in [0.4, 0.5) is 0 Å². The van der Waals surface area contributed by atoms with Gasteiger partial charge in [-0.15, -0.1) is 23.4 Å². The summed E-state index contributed by atoms with van der Waals surface area (Å²) >= 11 is 7.19. The number of hydrogen-bond acceptors (Lipinski definition) is 2. The summed E-state index contributed by atoms with van der Waals surface area (Å²) < 4.78 is 0. The van der Waals surface area contributed by atoms with Gasteiger partial charge in [-0.3, -0.25) is 0 Å². The Morgan fingerprint density at radius 3 is 2.64 bits per heavy atom. The lowest BCUT2D eigenvalue weighted by Gasteiger charge is -2.06. The van der Waals surface area contributed by atoms with Crippen LogP contribution in [0.25, 0.3) is 0 Å². The van der Waals surface area contributed by atoms with Gasteiger partial charge in [0.2, 0.25) is 0 Å². The molecule has 0 bridgehead atoms. The largest absolute Gasteiger partial charge is 0.355 e. The van der Waals surface area contributed by atoms with Crippen LogP contribution in [0.1, 0.15) is 13.3 Å². The van der Waals surface area contributed by atoms with Gasteiger partial charge in [-0.05, 0) is 13.3 Å². The monoisotopic (exact) mass is 191 g/mol. The highest BCUT2D eigenvalue weighted by atomic mass is 35.5. The minimum Gasteiger partial charge on any atom is -0.355 e. The van der Waals surface area contributed by atoms with Crippen molar-refractivity contribution in [2.45, 2.75) is 13.3 Å². The van der Waals surface area contributed by atoms with E-state index in [0.29, 0.717) is 5.88 Å². The van der Waals surface area contributed by atoms with Gasteiger partial charge in [0.25, 0.3) is 0 Å². The number of thioether (sulfide) groups is 1. The Morgan fingerprint density at radius 2 is 2.18 bits per heavy atom. The maximum absolute atomic E-state index is 5.51. The molecular formula is C8H14ClNS. The first-order valence-electron chi connectivity index (χ1n) is 3.47. The van der Waals surface area contributed by atoms with E-state index in [-0.39, 0.29) is 0 Å². The average molecular weight is 192 g/mol. The molecule has 3 heteroatoms. The molecular weight excluding hydrogens is 178 g/mol. The zero-order valence-corrected chi connectivity index (χ0v) is 8.39. The van der Waals surface area contributed by atoms with Crippen LogP contribution in [-0.2, 0) is 0 Å². The zero-order chi connectivity index (χ0) is 8.69. The Bertz CT molecular complexity index is 145. The van der Waals surface area contributed by atoms with Gasteiger partial charge in [-0.25, -0.2) is 0 Å². The van der Waals surface area contributed by atoms with Crippen molar-refractivity contribution in [2.75, 3.05) is 11.6 Å². The number of alkyl halides is 1. The van der Waals surface area contributed by atoms with Crippen molar-refractivity contribution in [3.8, 4) is 0 Å². The third kappa shape index (κ3) is 7.82. The van der Waals surface area contributed by atoms with E-state index >= 15 is 0 Å². The molecule has 0 aliphatic carbocycles. The van der Waals surface area contributed by atoms with E-state index in [1.54, 1.807) is 11.8 Å². The van der Waals surface area contributed by atoms with E-state index < -0.39 is 0 Å². The van der Waals surface area contributed by atoms with Gasteiger partial charge in [0, 0.05) is 17.3 Å². The molecule has 64 valence electrons. The van der Waals surface area contributed by atoms with Crippen LogP contribution in [-0.4, -0.2) is 11.6 Å². The van der Waals surface area contributed by atoms with E-state index in [4.69, 9.17) is 11.6 Å². The molecule has 0 aliphatic heterocycles. The highest BCUT2D eigenvalue weighted by molar-refractivity contribution is 8.02. The number of allylic oxidation sites excluding steroid dienone is 1. The SMILES string of the molecule is C=C(C)NC(=C)SCCCCl. The molecule has 0 aromatic heterocycles. The normalized spacial score (nSPS) is 9.27. The second kappa shape index (κ2) is 6.62. The van der Waals surface area contributed by atoms with Crippen LogP contribution >= 0.6 is 23.4 Å². The topological polar surface area (TPSA) is 12.0 Å². The Balaban J connectivity index is 3.30. The van der Waals surface area contributed by atoms with Gasteiger partial charge >= 0.3 is 0 Å². The van der Waals surface area contributed by atoms with Crippen LogP contribution in [0.5, 0.6) is 0 Å². The van der Waals surface area contributed by atoms with E-state index in [0.717, 1.165) is 22.9 Å². The second-order valence-electron chi connectivity index (χ2n) is 2.22. The lowest BCUT2D eigenvalue weighted by molar-refractivity contribution is 1.05. The van der Waals surface area contributed by atoms with Crippen molar-refractivity contribution in [3.05, 3.63) is 23.9 Å². The van der Waals surface area contributed by atoms with Crippen LogP contribution in [0.3, 0.4) is 0 Å². The molecule has 11 heavy (non-hydrogen) atoms. The molecule has 0 fully saturated rings. The average Bonchev–Trinajstić information content (AvgIpc) is 1.86. The molecule has 0 radical (unpaired) electrons. The van der Waals surface area contributed by atoms with Gasteiger partial charge in [0.15, 0.2) is 0 Å². The standard InChI is InChI=1S/C8H14ClNS/c1-7(2)10-8(3)11-6-4-5-9/h10H,1,3-6H2,2H3. The van der Waals surface area contributed by atoms with Gasteiger partial charge in [0.05, 0.1) is 5.03 Å². The van der Waals surface area contributed by atoms with Crippen LogP contribution in [0.2, 0.25) is 0 Å². The number of hydrogen-bond donors (Lipinski definition) is 1. The predicted octanol–water partition coefficient (Wildman–Crippen LogP) is 2.94. The molecule has 0 spiro atoms. The van der Waals surface area contributed by atoms with Crippen molar-refractivity contribution in [2.24, 2.45) is 0 Å². The smallest absolute Gasteiger partial charge is 0.0649 e. The molecule has 0 saturated carbocycles. The molecule has 1 nitrogen and oxygen atoms in total. The third-order valence-corrected chi connectivity index (χ3v) is 2.12. The van der Waals surface area contributed by atoms with Gasteiger partial charge in [0.1, 0.15) is 0 Å². The first-order chi connectivity index (χ1) is 5.16. The van der Waals surface area contributed by atoms with Gasteiger partial charge < -0.3 is 5.32 Å². The lowest BCUT2D eigenvalue weighted by Crippen LogP contribution is -2.05. The fourth-order valence-electron chi connectivity index (χ4n) is 0.524. The van der Waals surface area contributed by atoms with E-state index in [1.165, 1.54) is 0 Å². The number of nitrogens with one attached hydrogen (secondary N) is 1. The summed E-state index contributed by atoms with van der Waals surface area (Å²) in [4.78, 5) is 0. The third-order valence-electron chi connectivity index (χ3n) is 0.907. The summed E-state index contributed by atoms with van der Waals surface area (Å²) in [6.07, 6.45) is 1.02. The fraction of sp³-hybridized carbons (Fsp3) is 0.500. The zero-order valence-electron chi connectivity index (χ0n) is 6.82. The quantitative estimate of drug-likeness (QED) is 0.512. The summed E-state index contributed by atoms with van der Waals surface area (Å²) in [5, 5.41) is 3.98. The Labute approximate surface area is 77.9 Å². The molecule has 0 atom stereocenters. The summed E-state index contributed by atoms with van der Waals surface area (Å²) in [5.41, 5.74) is 0.924. The van der Waals surface area contributed by atoms with Crippen molar-refractivity contribution in [1.82, 2.24) is 5.32 Å². The first-order valence-corrected chi connectivity index (χ1v) is 4.99. The van der Waals surface area contributed by atoms with Crippen molar-refractivity contribution >= 4 is 23.4 Å². The molecule has 0 saturated heterocycles. The summed E-state index contributed by atoms with van der Waals surface area (Å²) in [6, 6.07) is 0. The fourth-order valence-corrected chi connectivity index (χ4v) is 1.60. The summed E-state index contributed by atoms with van der Waals surface area (Å²) in [5.74, 6) is 1.73. The molecule has 0 aromatic rings. The number of halogens is 1. The highest BCUT2D eigenvalue weighted by Gasteiger charge is 1.92. The van der Waals surface area contributed by atoms with Gasteiger partial charge in [-0.1, -0.05) is 13.2 Å². The van der Waals surface area contributed by atoms with Crippen LogP contribution < -0.4 is 5.32 Å². The molecule has 1 N–H and O–H groups in total. The lowest BCUT2D eigenvalue weighted by atomic mass is 10.6. The van der Waals surface area contributed by atoms with Crippen molar-refractivity contribution < 1.29 is 0 Å². The molecule has 0 amide bonds. The van der Waals surface area contributed by atoms with Crippen LogP contribution in [0.15, 0.2) is 23.9 Å². The molecule has 0 heterocycles. The highest BCUT2D eigenvalue weighted by Crippen LogP contribution is 2.12. The maximum Gasteiger partial charge on any atom is 0.0649 e.